The molecule has 0 aliphatic carbocycles. The molecule has 2 aromatic carbocycles. The molecule has 0 aromatic heterocycles. The summed E-state index contributed by atoms with van der Waals surface area (Å²) in [6.07, 6.45) is 0.691. The zero-order chi connectivity index (χ0) is 14.5. The molecule has 1 unspecified atom stereocenters. The average Bonchev–Trinajstić information content (AvgIpc) is 2.41. The first-order chi connectivity index (χ1) is 9.56. The largest absolute Gasteiger partial charge is 0.508 e. The Bertz CT molecular complexity index is 596. The highest BCUT2D eigenvalue weighted by atomic mass is 35.5. The van der Waals surface area contributed by atoms with Crippen LogP contribution in [0.25, 0.3) is 0 Å². The summed E-state index contributed by atoms with van der Waals surface area (Å²) < 4.78 is 0. The predicted molar refractivity (Wildman–Crippen MR) is 80.2 cm³/mol. The Balaban J connectivity index is 1.98. The Morgan fingerprint density at radius 1 is 1.20 bits per heavy atom. The van der Waals surface area contributed by atoms with Gasteiger partial charge in [-0.1, -0.05) is 35.9 Å². The SMILES string of the molecule is CC(Cc1ccc(O)cc1)NC(=O)c1ccccc1Cl. The fourth-order valence-corrected chi connectivity index (χ4v) is 2.21. The van der Waals surface area contributed by atoms with Gasteiger partial charge in [0, 0.05) is 6.04 Å². The summed E-state index contributed by atoms with van der Waals surface area (Å²) >= 11 is 5.99. The standard InChI is InChI=1S/C16H16ClNO2/c1-11(10-12-6-8-13(19)9-7-12)18-16(20)14-4-2-3-5-15(14)17/h2-9,11,19H,10H2,1H3,(H,18,20). The van der Waals surface area contributed by atoms with Gasteiger partial charge in [-0.25, -0.2) is 0 Å². The second-order valence-electron chi connectivity index (χ2n) is 4.72. The molecule has 2 rings (SSSR count). The molecule has 20 heavy (non-hydrogen) atoms. The number of aromatic hydroxyl groups is 1. The predicted octanol–water partition coefficient (Wildman–Crippen LogP) is 3.41. The first kappa shape index (κ1) is 14.4. The molecular weight excluding hydrogens is 274 g/mol. The van der Waals surface area contributed by atoms with Gasteiger partial charge in [-0.15, -0.1) is 0 Å². The van der Waals surface area contributed by atoms with Gasteiger partial charge in [0.25, 0.3) is 5.91 Å². The smallest absolute Gasteiger partial charge is 0.253 e. The molecule has 0 saturated carbocycles. The van der Waals surface area contributed by atoms with E-state index < -0.39 is 0 Å². The molecule has 3 nitrogen and oxygen atoms in total. The molecule has 0 radical (unpaired) electrons. The van der Waals surface area contributed by atoms with Crippen molar-refractivity contribution in [2.24, 2.45) is 0 Å². The number of phenolic OH excluding ortho intramolecular Hbond substituents is 1. The van der Waals surface area contributed by atoms with E-state index in [1.54, 1.807) is 36.4 Å². The van der Waals surface area contributed by atoms with Crippen LogP contribution in [0.3, 0.4) is 0 Å². The van der Waals surface area contributed by atoms with Gasteiger partial charge in [-0.05, 0) is 43.2 Å². The van der Waals surface area contributed by atoms with Crippen LogP contribution < -0.4 is 5.32 Å². The quantitative estimate of drug-likeness (QED) is 0.906. The van der Waals surface area contributed by atoms with E-state index in [0.717, 1.165) is 5.56 Å². The molecular formula is C16H16ClNO2. The topological polar surface area (TPSA) is 49.3 Å². The molecule has 0 aliphatic heterocycles. The van der Waals surface area contributed by atoms with Crippen LogP contribution in [0.5, 0.6) is 5.75 Å². The monoisotopic (exact) mass is 289 g/mol. The van der Waals surface area contributed by atoms with E-state index in [1.807, 2.05) is 19.1 Å². The molecule has 4 heteroatoms. The second kappa shape index (κ2) is 6.44. The minimum atomic E-state index is -0.179. The molecule has 0 bridgehead atoms. The summed E-state index contributed by atoms with van der Waals surface area (Å²) in [4.78, 5) is 12.1. The van der Waals surface area contributed by atoms with Gasteiger partial charge in [-0.3, -0.25) is 4.79 Å². The molecule has 0 saturated heterocycles. The van der Waals surface area contributed by atoms with Crippen LogP contribution in [0.2, 0.25) is 5.02 Å². The lowest BCUT2D eigenvalue weighted by molar-refractivity contribution is 0.0940. The van der Waals surface area contributed by atoms with Gasteiger partial charge in [0.15, 0.2) is 0 Å². The zero-order valence-electron chi connectivity index (χ0n) is 11.1. The lowest BCUT2D eigenvalue weighted by Crippen LogP contribution is -2.34. The first-order valence-electron chi connectivity index (χ1n) is 6.39. The maximum Gasteiger partial charge on any atom is 0.253 e. The fourth-order valence-electron chi connectivity index (χ4n) is 1.98. The molecule has 0 aliphatic rings. The van der Waals surface area contributed by atoms with Crippen molar-refractivity contribution in [3.8, 4) is 5.75 Å². The highest BCUT2D eigenvalue weighted by Gasteiger charge is 2.12. The zero-order valence-corrected chi connectivity index (χ0v) is 11.9. The van der Waals surface area contributed by atoms with Crippen molar-refractivity contribution in [1.29, 1.82) is 0 Å². The summed E-state index contributed by atoms with van der Waals surface area (Å²) in [5, 5.41) is 12.6. The summed E-state index contributed by atoms with van der Waals surface area (Å²) in [6.45, 7) is 1.93. The average molecular weight is 290 g/mol. The Morgan fingerprint density at radius 2 is 1.85 bits per heavy atom. The lowest BCUT2D eigenvalue weighted by atomic mass is 10.1. The van der Waals surface area contributed by atoms with Crippen molar-refractivity contribution in [3.63, 3.8) is 0 Å². The Hall–Kier alpha value is -2.00. The molecule has 1 amide bonds. The third-order valence-electron chi connectivity index (χ3n) is 2.97. The molecule has 2 N–H and O–H groups in total. The van der Waals surface area contributed by atoms with E-state index in [2.05, 4.69) is 5.32 Å². The minimum Gasteiger partial charge on any atom is -0.508 e. The normalized spacial score (nSPS) is 11.9. The molecule has 0 spiro atoms. The van der Waals surface area contributed by atoms with E-state index >= 15 is 0 Å². The third-order valence-corrected chi connectivity index (χ3v) is 3.30. The molecule has 0 fully saturated rings. The number of rotatable bonds is 4. The third kappa shape index (κ3) is 3.75. The van der Waals surface area contributed by atoms with Crippen molar-refractivity contribution in [1.82, 2.24) is 5.32 Å². The summed E-state index contributed by atoms with van der Waals surface area (Å²) in [7, 11) is 0. The summed E-state index contributed by atoms with van der Waals surface area (Å²) in [6, 6.07) is 13.9. The molecule has 2 aromatic rings. The summed E-state index contributed by atoms with van der Waals surface area (Å²) in [5.74, 6) is 0.0587. The first-order valence-corrected chi connectivity index (χ1v) is 6.77. The Morgan fingerprint density at radius 3 is 2.50 bits per heavy atom. The van der Waals surface area contributed by atoms with Gasteiger partial charge < -0.3 is 10.4 Å². The maximum atomic E-state index is 12.1. The number of carbonyl (C=O) groups excluding carboxylic acids is 1. The Labute approximate surface area is 123 Å². The minimum absolute atomic E-state index is 0.0247. The van der Waals surface area contributed by atoms with Crippen molar-refractivity contribution >= 4 is 17.5 Å². The van der Waals surface area contributed by atoms with Gasteiger partial charge >= 0.3 is 0 Å². The molecule has 0 heterocycles. The van der Waals surface area contributed by atoms with Crippen molar-refractivity contribution in [2.75, 3.05) is 0 Å². The number of halogens is 1. The van der Waals surface area contributed by atoms with Crippen LogP contribution in [-0.4, -0.2) is 17.1 Å². The van der Waals surface area contributed by atoms with E-state index in [9.17, 15) is 9.90 Å². The summed E-state index contributed by atoms with van der Waals surface area (Å²) in [5.41, 5.74) is 1.53. The second-order valence-corrected chi connectivity index (χ2v) is 5.13. The Kier molecular flexibility index (Phi) is 4.64. The van der Waals surface area contributed by atoms with E-state index in [0.29, 0.717) is 17.0 Å². The molecule has 1 atom stereocenters. The van der Waals surface area contributed by atoms with Gasteiger partial charge in [-0.2, -0.15) is 0 Å². The lowest BCUT2D eigenvalue weighted by Gasteiger charge is -2.14. The number of amides is 1. The van der Waals surface area contributed by atoms with Crippen LogP contribution in [0.1, 0.15) is 22.8 Å². The number of benzene rings is 2. The van der Waals surface area contributed by atoms with Gasteiger partial charge in [0.05, 0.1) is 10.6 Å². The van der Waals surface area contributed by atoms with Gasteiger partial charge in [0.2, 0.25) is 0 Å². The van der Waals surface area contributed by atoms with E-state index in [4.69, 9.17) is 11.6 Å². The number of carbonyl (C=O) groups is 1. The van der Waals surface area contributed by atoms with Crippen LogP contribution in [0.15, 0.2) is 48.5 Å². The van der Waals surface area contributed by atoms with Crippen LogP contribution in [-0.2, 0) is 6.42 Å². The van der Waals surface area contributed by atoms with Crippen LogP contribution in [0.4, 0.5) is 0 Å². The van der Waals surface area contributed by atoms with E-state index in [1.165, 1.54) is 0 Å². The number of hydrogen-bond donors (Lipinski definition) is 2. The number of phenols is 1. The van der Waals surface area contributed by atoms with Crippen molar-refractivity contribution in [3.05, 3.63) is 64.7 Å². The van der Waals surface area contributed by atoms with Gasteiger partial charge in [0.1, 0.15) is 5.75 Å². The number of nitrogens with one attached hydrogen (secondary N) is 1. The fraction of sp³-hybridized carbons (Fsp3) is 0.188. The molecule has 104 valence electrons. The van der Waals surface area contributed by atoms with Crippen molar-refractivity contribution < 1.29 is 9.90 Å². The van der Waals surface area contributed by atoms with Crippen molar-refractivity contribution in [2.45, 2.75) is 19.4 Å². The number of hydrogen-bond acceptors (Lipinski definition) is 2. The maximum absolute atomic E-state index is 12.1. The highest BCUT2D eigenvalue weighted by molar-refractivity contribution is 6.33. The highest BCUT2D eigenvalue weighted by Crippen LogP contribution is 2.15. The van der Waals surface area contributed by atoms with E-state index in [-0.39, 0.29) is 17.7 Å². The van der Waals surface area contributed by atoms with Crippen LogP contribution in [0, 0.1) is 0 Å². The van der Waals surface area contributed by atoms with Crippen LogP contribution >= 0.6 is 11.6 Å².